The second-order valence-electron chi connectivity index (χ2n) is 7.10. The molecule has 0 amide bonds. The summed E-state index contributed by atoms with van der Waals surface area (Å²) < 4.78 is 11.4. The van der Waals surface area contributed by atoms with Crippen LogP contribution in [0.4, 0.5) is 0 Å². The second kappa shape index (κ2) is 6.97. The average molecular weight is 293 g/mol. The number of rotatable bonds is 7. The van der Waals surface area contributed by atoms with E-state index in [0.29, 0.717) is 11.3 Å². The third kappa shape index (κ3) is 4.10. The van der Waals surface area contributed by atoms with E-state index in [2.05, 4.69) is 33.0 Å². The molecule has 2 unspecified atom stereocenters. The van der Waals surface area contributed by atoms with Crippen LogP contribution in [0.25, 0.3) is 0 Å². The quantitative estimate of drug-likeness (QED) is 0.758. The van der Waals surface area contributed by atoms with Crippen LogP contribution in [0.2, 0.25) is 0 Å². The highest BCUT2D eigenvalue weighted by molar-refractivity contribution is 4.98. The molecule has 0 saturated carbocycles. The Kier molecular flexibility index (Phi) is 5.50. The van der Waals surface area contributed by atoms with E-state index < -0.39 is 0 Å². The summed E-state index contributed by atoms with van der Waals surface area (Å²) in [6.07, 6.45) is 6.41. The normalized spacial score (nSPS) is 30.0. The molecule has 1 aliphatic heterocycles. The van der Waals surface area contributed by atoms with E-state index in [1.54, 1.807) is 6.26 Å². The maximum atomic E-state index is 6.05. The van der Waals surface area contributed by atoms with Crippen molar-refractivity contribution in [3.8, 4) is 0 Å². The lowest BCUT2D eigenvalue weighted by molar-refractivity contribution is -0.132. The molecule has 3 nitrogen and oxygen atoms in total. The molecule has 2 atom stereocenters. The SMILES string of the molecule is CCC1(C)CC(CCNCc2ccco2)(C(C)C)CCO1. The van der Waals surface area contributed by atoms with Crippen LogP contribution < -0.4 is 5.32 Å². The predicted molar refractivity (Wildman–Crippen MR) is 86.2 cm³/mol. The monoisotopic (exact) mass is 293 g/mol. The van der Waals surface area contributed by atoms with E-state index in [1.807, 2.05) is 12.1 Å². The first-order valence-corrected chi connectivity index (χ1v) is 8.37. The lowest BCUT2D eigenvalue weighted by atomic mass is 9.64. The smallest absolute Gasteiger partial charge is 0.117 e. The second-order valence-corrected chi connectivity index (χ2v) is 7.10. The number of hydrogen-bond acceptors (Lipinski definition) is 3. The first kappa shape index (κ1) is 16.6. The highest BCUT2D eigenvalue weighted by atomic mass is 16.5. The largest absolute Gasteiger partial charge is 0.468 e. The van der Waals surface area contributed by atoms with Gasteiger partial charge in [-0.05, 0) is 62.6 Å². The highest BCUT2D eigenvalue weighted by Crippen LogP contribution is 2.47. The van der Waals surface area contributed by atoms with Gasteiger partial charge in [0.05, 0.1) is 18.4 Å². The molecule has 2 heterocycles. The van der Waals surface area contributed by atoms with Crippen LogP contribution in [0.3, 0.4) is 0 Å². The zero-order valence-electron chi connectivity index (χ0n) is 14.1. The minimum absolute atomic E-state index is 0.0591. The number of furan rings is 1. The Morgan fingerprint density at radius 2 is 2.19 bits per heavy atom. The molecule has 1 aliphatic rings. The zero-order valence-corrected chi connectivity index (χ0v) is 14.1. The maximum absolute atomic E-state index is 6.05. The van der Waals surface area contributed by atoms with Crippen molar-refractivity contribution in [1.82, 2.24) is 5.32 Å². The summed E-state index contributed by atoms with van der Waals surface area (Å²) in [6, 6.07) is 3.96. The summed E-state index contributed by atoms with van der Waals surface area (Å²) in [5, 5.41) is 3.53. The molecule has 1 N–H and O–H groups in total. The topological polar surface area (TPSA) is 34.4 Å². The predicted octanol–water partition coefficient (Wildman–Crippen LogP) is 4.38. The highest BCUT2D eigenvalue weighted by Gasteiger charge is 2.43. The fraction of sp³-hybridized carbons (Fsp3) is 0.778. The summed E-state index contributed by atoms with van der Waals surface area (Å²) in [6.45, 7) is 12.0. The Hall–Kier alpha value is -0.800. The molecule has 1 aromatic heterocycles. The molecule has 1 fully saturated rings. The molecule has 0 radical (unpaired) electrons. The van der Waals surface area contributed by atoms with Crippen molar-refractivity contribution in [2.24, 2.45) is 11.3 Å². The zero-order chi connectivity index (χ0) is 15.3. The average Bonchev–Trinajstić information content (AvgIpc) is 2.97. The molecular weight excluding hydrogens is 262 g/mol. The van der Waals surface area contributed by atoms with Crippen LogP contribution in [0.1, 0.15) is 59.1 Å². The van der Waals surface area contributed by atoms with Crippen molar-refractivity contribution in [1.29, 1.82) is 0 Å². The van der Waals surface area contributed by atoms with Gasteiger partial charge >= 0.3 is 0 Å². The van der Waals surface area contributed by atoms with Gasteiger partial charge in [-0.3, -0.25) is 0 Å². The van der Waals surface area contributed by atoms with Gasteiger partial charge in [0.15, 0.2) is 0 Å². The Labute approximate surface area is 129 Å². The van der Waals surface area contributed by atoms with Crippen molar-refractivity contribution >= 4 is 0 Å². The first-order valence-electron chi connectivity index (χ1n) is 8.37. The van der Waals surface area contributed by atoms with Crippen LogP contribution >= 0.6 is 0 Å². The third-order valence-electron chi connectivity index (χ3n) is 5.43. The van der Waals surface area contributed by atoms with Gasteiger partial charge in [0, 0.05) is 6.61 Å². The van der Waals surface area contributed by atoms with E-state index in [-0.39, 0.29) is 5.60 Å². The minimum atomic E-state index is 0.0591. The van der Waals surface area contributed by atoms with Crippen molar-refractivity contribution in [2.75, 3.05) is 13.2 Å². The molecule has 3 heteroatoms. The molecule has 1 aromatic rings. The van der Waals surface area contributed by atoms with Gasteiger partial charge in [0.1, 0.15) is 5.76 Å². The fourth-order valence-electron chi connectivity index (χ4n) is 3.57. The molecule has 1 saturated heterocycles. The van der Waals surface area contributed by atoms with Crippen molar-refractivity contribution in [2.45, 2.75) is 65.5 Å². The van der Waals surface area contributed by atoms with Gasteiger partial charge in [-0.1, -0.05) is 20.8 Å². The molecule has 21 heavy (non-hydrogen) atoms. The van der Waals surface area contributed by atoms with Crippen LogP contribution in [-0.2, 0) is 11.3 Å². The van der Waals surface area contributed by atoms with Gasteiger partial charge in [0.2, 0.25) is 0 Å². The molecule has 0 aromatic carbocycles. The number of ether oxygens (including phenoxy) is 1. The summed E-state index contributed by atoms with van der Waals surface area (Å²) in [5.41, 5.74) is 0.461. The molecule has 0 spiro atoms. The Bertz CT molecular complexity index is 415. The van der Waals surface area contributed by atoms with Crippen LogP contribution in [0.5, 0.6) is 0 Å². The number of hydrogen-bond donors (Lipinski definition) is 1. The van der Waals surface area contributed by atoms with Crippen molar-refractivity contribution in [3.63, 3.8) is 0 Å². The van der Waals surface area contributed by atoms with Gasteiger partial charge < -0.3 is 14.5 Å². The summed E-state index contributed by atoms with van der Waals surface area (Å²) >= 11 is 0. The van der Waals surface area contributed by atoms with Gasteiger partial charge in [-0.15, -0.1) is 0 Å². The molecule has 0 aliphatic carbocycles. The van der Waals surface area contributed by atoms with E-state index in [9.17, 15) is 0 Å². The summed E-state index contributed by atoms with van der Waals surface area (Å²) in [7, 11) is 0. The Morgan fingerprint density at radius 1 is 1.38 bits per heavy atom. The molecule has 120 valence electrons. The number of nitrogens with one attached hydrogen (secondary N) is 1. The van der Waals surface area contributed by atoms with E-state index >= 15 is 0 Å². The van der Waals surface area contributed by atoms with Crippen LogP contribution in [0.15, 0.2) is 22.8 Å². The van der Waals surface area contributed by atoms with Crippen molar-refractivity contribution < 1.29 is 9.15 Å². The summed E-state index contributed by atoms with van der Waals surface area (Å²) in [4.78, 5) is 0. The molecule has 2 rings (SSSR count). The lowest BCUT2D eigenvalue weighted by Gasteiger charge is -2.49. The standard InChI is InChI=1S/C18H31NO2/c1-5-17(4)14-18(15(2)3,9-12-21-17)8-10-19-13-16-7-6-11-20-16/h6-7,11,15,19H,5,8-10,12-14H2,1-4H3. The van der Waals surface area contributed by atoms with Crippen molar-refractivity contribution in [3.05, 3.63) is 24.2 Å². The van der Waals surface area contributed by atoms with E-state index in [0.717, 1.165) is 31.9 Å². The minimum Gasteiger partial charge on any atom is -0.468 e. The van der Waals surface area contributed by atoms with Gasteiger partial charge in [0.25, 0.3) is 0 Å². The van der Waals surface area contributed by atoms with E-state index in [4.69, 9.17) is 9.15 Å². The lowest BCUT2D eigenvalue weighted by Crippen LogP contribution is -2.46. The molecular formula is C18H31NO2. The Morgan fingerprint density at radius 3 is 2.81 bits per heavy atom. The fourth-order valence-corrected chi connectivity index (χ4v) is 3.57. The molecule has 0 bridgehead atoms. The van der Waals surface area contributed by atoms with Crippen LogP contribution in [-0.4, -0.2) is 18.8 Å². The van der Waals surface area contributed by atoms with Gasteiger partial charge in [-0.2, -0.15) is 0 Å². The van der Waals surface area contributed by atoms with E-state index in [1.165, 1.54) is 19.3 Å². The first-order chi connectivity index (χ1) is 10.00. The van der Waals surface area contributed by atoms with Gasteiger partial charge in [-0.25, -0.2) is 0 Å². The van der Waals surface area contributed by atoms with Crippen LogP contribution in [0, 0.1) is 11.3 Å². The summed E-state index contributed by atoms with van der Waals surface area (Å²) in [5.74, 6) is 1.71. The third-order valence-corrected chi connectivity index (χ3v) is 5.43. The Balaban J connectivity index is 1.89. The maximum Gasteiger partial charge on any atom is 0.117 e.